The van der Waals surface area contributed by atoms with Crippen LogP contribution in [0.5, 0.6) is 0 Å². The van der Waals surface area contributed by atoms with Crippen LogP contribution in [-0.4, -0.2) is 400 Å². The number of aromatic nitrogens is 9. The monoisotopic (exact) mass is 1620 g/mol. The Labute approximate surface area is 652 Å². The van der Waals surface area contributed by atoms with Crippen molar-refractivity contribution < 1.29 is 149 Å². The highest BCUT2D eigenvalue weighted by molar-refractivity contribution is 5.77. The molecular weight excluding hydrogens is 1510 g/mol. The summed E-state index contributed by atoms with van der Waals surface area (Å²) in [6.45, 7) is 10.8. The van der Waals surface area contributed by atoms with Crippen molar-refractivity contribution in [2.45, 2.75) is 169 Å². The number of nitrogens with two attached hydrogens (primary N) is 1. The second-order valence-corrected chi connectivity index (χ2v) is 27.9. The number of hydrogen-bond donors (Lipinski definition) is 11. The summed E-state index contributed by atoms with van der Waals surface area (Å²) in [7, 11) is 0. The maximum atomic E-state index is 13.6. The minimum Gasteiger partial charge on any atom is -0.388 e. The van der Waals surface area contributed by atoms with Crippen molar-refractivity contribution in [1.82, 2.24) is 66.2 Å². The van der Waals surface area contributed by atoms with Crippen LogP contribution in [0.1, 0.15) is 50.7 Å². The summed E-state index contributed by atoms with van der Waals surface area (Å²) in [5, 5.41) is 100. The number of rotatable bonds is 61. The molecule has 6 fully saturated rings. The molecule has 0 aliphatic carbocycles. The van der Waals surface area contributed by atoms with Crippen LogP contribution in [0.25, 0.3) is 0 Å². The minimum absolute atomic E-state index is 0.00630. The van der Waals surface area contributed by atoms with E-state index in [0.29, 0.717) is 142 Å². The van der Waals surface area contributed by atoms with E-state index in [1.165, 1.54) is 20.8 Å². The van der Waals surface area contributed by atoms with Gasteiger partial charge in [0.15, 0.2) is 18.9 Å². The fraction of sp³-hybridized carbons (Fsp3) is 0.853. The Kier molecular flexibility index (Phi) is 38.3. The Morgan fingerprint density at radius 1 is 0.425 bits per heavy atom. The average molecular weight is 1620 g/mol. The highest BCUT2D eigenvalue weighted by atomic mass is 16.8. The Balaban J connectivity index is 0.652. The molecule has 3 aromatic rings. The Morgan fingerprint density at radius 2 is 0.690 bits per heavy atom. The predicted octanol–water partition coefficient (Wildman–Crippen LogP) is -7.74. The molecule has 6 aliphatic heterocycles. The zero-order valence-corrected chi connectivity index (χ0v) is 64.2. The number of nitrogens with zero attached hydrogens (tertiary/aromatic N) is 9. The number of carbonyl (C=O) groups excluding carboxylic acids is 4. The van der Waals surface area contributed by atoms with Crippen LogP contribution in [0.4, 0.5) is 0 Å². The lowest BCUT2D eigenvalue weighted by atomic mass is 9.88. The van der Waals surface area contributed by atoms with Gasteiger partial charge >= 0.3 is 0 Å². The molecule has 4 amide bonds. The first-order valence-corrected chi connectivity index (χ1v) is 37.9. The first-order chi connectivity index (χ1) is 54.7. The molecular formula is C68H114N14O31. The quantitative estimate of drug-likeness (QED) is 0.0234. The van der Waals surface area contributed by atoms with E-state index in [2.05, 4.69) is 52.2 Å². The largest absolute Gasteiger partial charge is 0.388 e. The molecule has 0 radical (unpaired) electrons. The van der Waals surface area contributed by atoms with Gasteiger partial charge in [0.05, 0.1) is 256 Å². The van der Waals surface area contributed by atoms with E-state index in [1.54, 1.807) is 32.6 Å². The number of ether oxygens (including phenoxy) is 21. The molecule has 15 atom stereocenters. The molecule has 0 aromatic carbocycles. The van der Waals surface area contributed by atoms with Gasteiger partial charge in [-0.05, 0) is 13.0 Å². The molecule has 6 bridgehead atoms. The van der Waals surface area contributed by atoms with Crippen molar-refractivity contribution in [3.8, 4) is 0 Å². The molecule has 45 nitrogen and oxygen atoms in total. The van der Waals surface area contributed by atoms with E-state index >= 15 is 0 Å². The lowest BCUT2D eigenvalue weighted by Crippen LogP contribution is -2.66. The van der Waals surface area contributed by atoms with Gasteiger partial charge in [-0.15, -0.1) is 15.3 Å². The van der Waals surface area contributed by atoms with E-state index in [-0.39, 0.29) is 156 Å². The van der Waals surface area contributed by atoms with Gasteiger partial charge in [0.2, 0.25) is 23.6 Å². The maximum Gasteiger partial charge on any atom is 0.220 e. The summed E-state index contributed by atoms with van der Waals surface area (Å²) in [4.78, 5) is 48.3. The number of hydrogen-bond acceptors (Lipinski definition) is 38. The fourth-order valence-corrected chi connectivity index (χ4v) is 12.9. The van der Waals surface area contributed by atoms with E-state index < -0.39 is 96.0 Å². The number of carbonyl (C=O) groups is 4. The Hall–Kier alpha value is -5.82. The van der Waals surface area contributed by atoms with Crippen LogP contribution in [0.2, 0.25) is 0 Å². The summed E-state index contributed by atoms with van der Waals surface area (Å²) in [6.07, 6.45) is -4.91. The topological polar surface area (TPSA) is 550 Å². The SMILES string of the molecule is CC(=O)N[C@H]1[C@H]2OC[C@@](COCCOCCOCCOCCn3cc(COCC(COCc4cn(CCOCCOCCOCCOC[C@]56CO[C@@H](O5)[C@H](NC(C)=O)[C@@H](O)[C@H]6O)nn4)(COCc4cn(CCOCCOCCOCCOC[C@]56CO[C@@H](O5)[C@H](NC(C)=O)[C@@H](O)[C@H]6O)nn4)NC(=O)CCCN)nn3)(O2)[C@H](O)[C@@H]1O. The third kappa shape index (κ3) is 28.5. The van der Waals surface area contributed by atoms with Crippen LogP contribution in [-0.2, 0) is 158 Å². The van der Waals surface area contributed by atoms with Gasteiger partial charge in [0.25, 0.3) is 0 Å². The van der Waals surface area contributed by atoms with Gasteiger partial charge in [-0.3, -0.25) is 19.2 Å². The van der Waals surface area contributed by atoms with E-state index in [1.807, 2.05) is 0 Å². The van der Waals surface area contributed by atoms with Gasteiger partial charge < -0.3 is 157 Å². The summed E-state index contributed by atoms with van der Waals surface area (Å²) >= 11 is 0. The second-order valence-electron chi connectivity index (χ2n) is 27.9. The average Bonchev–Trinajstić information content (AvgIpc) is 1.66. The molecule has 6 aliphatic rings. The number of aliphatic hydroxyl groups is 6. The highest BCUT2D eigenvalue weighted by Crippen LogP contribution is 2.40. The van der Waals surface area contributed by atoms with Crippen LogP contribution < -0.4 is 27.0 Å². The van der Waals surface area contributed by atoms with Crippen molar-refractivity contribution in [3.63, 3.8) is 0 Å². The normalized spacial score (nSPS) is 27.2. The molecule has 0 unspecified atom stereocenters. The summed E-state index contributed by atoms with van der Waals surface area (Å²) < 4.78 is 126. The molecule has 6 saturated heterocycles. The molecule has 45 heteroatoms. The fourth-order valence-electron chi connectivity index (χ4n) is 12.9. The van der Waals surface area contributed by atoms with Crippen molar-refractivity contribution in [3.05, 3.63) is 35.7 Å². The number of fused-ring (bicyclic) bond motifs is 6. The molecule has 642 valence electrons. The van der Waals surface area contributed by atoms with E-state index in [4.69, 9.17) is 105 Å². The smallest absolute Gasteiger partial charge is 0.220 e. The Morgan fingerprint density at radius 3 is 0.956 bits per heavy atom. The third-order valence-corrected chi connectivity index (χ3v) is 18.6. The van der Waals surface area contributed by atoms with Crippen LogP contribution in [0, 0.1) is 0 Å². The lowest BCUT2D eigenvalue weighted by molar-refractivity contribution is -0.238. The summed E-state index contributed by atoms with van der Waals surface area (Å²) in [5.74, 6) is -1.47. The van der Waals surface area contributed by atoms with Gasteiger partial charge in [-0.2, -0.15) is 0 Å². The summed E-state index contributed by atoms with van der Waals surface area (Å²) in [5.41, 5.74) is 2.27. The summed E-state index contributed by atoms with van der Waals surface area (Å²) in [6, 6.07) is -2.71. The Bertz CT molecular complexity index is 2940. The van der Waals surface area contributed by atoms with Crippen LogP contribution in [0.15, 0.2) is 18.6 Å². The molecule has 9 rings (SSSR count). The third-order valence-electron chi connectivity index (χ3n) is 18.6. The molecule has 0 saturated carbocycles. The number of amides is 4. The van der Waals surface area contributed by atoms with E-state index in [9.17, 15) is 49.8 Å². The van der Waals surface area contributed by atoms with Gasteiger partial charge in [0, 0.05) is 27.2 Å². The van der Waals surface area contributed by atoms with Gasteiger partial charge in [-0.25, -0.2) is 14.0 Å². The number of aliphatic hydroxyl groups excluding tert-OH is 6. The molecule has 113 heavy (non-hydrogen) atoms. The van der Waals surface area contributed by atoms with Crippen molar-refractivity contribution in [2.24, 2.45) is 5.73 Å². The van der Waals surface area contributed by atoms with Gasteiger partial charge in [-0.1, -0.05) is 15.6 Å². The predicted molar refractivity (Wildman–Crippen MR) is 378 cm³/mol. The zero-order chi connectivity index (χ0) is 80.3. The highest BCUT2D eigenvalue weighted by Gasteiger charge is 2.62. The molecule has 3 aromatic heterocycles. The lowest BCUT2D eigenvalue weighted by Gasteiger charge is -2.42. The van der Waals surface area contributed by atoms with Gasteiger partial charge in [0.1, 0.15) is 94.2 Å². The molecule has 9 heterocycles. The maximum absolute atomic E-state index is 13.6. The van der Waals surface area contributed by atoms with E-state index in [0.717, 1.165) is 0 Å². The standard InChI is InChI=1S/C68H114N14O31/c1-46(83)70-53-56(87)59(90)66(43-108-62(53)111-66)40-102-28-25-99-22-19-96-16-13-93-10-7-80-31-49(74-77-80)34-105-37-65(73-52(86)5-4-6-69,38-106-35-50-32-81(78-75-50)8-11-94-14-17-97-20-23-100-26-29-103-41-67-44-109-63(112-67)54(71-47(2)84)57(88)60(67)91)39-107-36-51-33-82(79-76-51)9-12-95-15-18-98-21-24-101-27-30-104-42-68-45-110-64(113-68)55(72-48(3)85)58(89)61(68)92/h31-33,53-64,87-92H,4-30,34-45,69H2,1-3H3,(H,70,83)(H,71,84)(H,72,85)(H,73,86)/t53-,54-,55-,56-,57-,58-,59-,60-,61-,62+,63+,64+,66-,67-,68-/m1/s1. The molecule has 0 spiro atoms. The molecule has 12 N–H and O–H groups in total. The first kappa shape index (κ1) is 91.1. The number of nitrogens with one attached hydrogen (secondary N) is 4. The van der Waals surface area contributed by atoms with Crippen molar-refractivity contribution >= 4 is 23.6 Å². The van der Waals surface area contributed by atoms with Crippen LogP contribution in [0.3, 0.4) is 0 Å². The van der Waals surface area contributed by atoms with Crippen LogP contribution >= 0.6 is 0 Å². The second kappa shape index (κ2) is 47.5. The first-order valence-electron chi connectivity index (χ1n) is 37.9. The van der Waals surface area contributed by atoms with Crippen molar-refractivity contribution in [2.75, 3.05) is 205 Å². The zero-order valence-electron chi connectivity index (χ0n) is 64.2. The van der Waals surface area contributed by atoms with Crippen molar-refractivity contribution in [1.29, 1.82) is 0 Å². The minimum atomic E-state index is -1.34.